The van der Waals surface area contributed by atoms with Crippen LogP contribution in [0.15, 0.2) is 36.7 Å². The number of carbonyl (C=O) groups excluding carboxylic acids is 1. The van der Waals surface area contributed by atoms with Crippen LogP contribution in [0.3, 0.4) is 0 Å². The van der Waals surface area contributed by atoms with Gasteiger partial charge in [0, 0.05) is 25.2 Å². The summed E-state index contributed by atoms with van der Waals surface area (Å²) in [7, 11) is 0. The lowest BCUT2D eigenvalue weighted by molar-refractivity contribution is 0.0712. The molecule has 2 saturated heterocycles. The van der Waals surface area contributed by atoms with E-state index in [9.17, 15) is 9.18 Å². The highest BCUT2D eigenvalue weighted by molar-refractivity contribution is 5.94. The van der Waals surface area contributed by atoms with E-state index in [1.807, 2.05) is 9.80 Å². The number of benzene rings is 1. The van der Waals surface area contributed by atoms with Gasteiger partial charge in [0.2, 0.25) is 5.95 Å². The van der Waals surface area contributed by atoms with E-state index in [1.165, 1.54) is 12.4 Å². The van der Waals surface area contributed by atoms with Gasteiger partial charge in [-0.05, 0) is 43.0 Å². The van der Waals surface area contributed by atoms with Crippen molar-refractivity contribution in [2.24, 2.45) is 5.92 Å². The lowest BCUT2D eigenvalue weighted by atomic mass is 9.92. The first-order chi connectivity index (χ1) is 12.7. The highest BCUT2D eigenvalue weighted by atomic mass is 19.1. The van der Waals surface area contributed by atoms with Gasteiger partial charge in [0.05, 0.1) is 30.1 Å². The lowest BCUT2D eigenvalue weighted by Crippen LogP contribution is -2.50. The first kappa shape index (κ1) is 16.5. The van der Waals surface area contributed by atoms with Gasteiger partial charge in [-0.1, -0.05) is 0 Å². The number of rotatable bonds is 2. The molecular formula is C19H18FN5O. The van der Waals surface area contributed by atoms with Crippen LogP contribution in [0.1, 0.15) is 28.8 Å². The molecule has 132 valence electrons. The Bertz CT molecular complexity index is 846. The molecule has 2 aliphatic rings. The maximum Gasteiger partial charge on any atom is 0.254 e. The normalized spacial score (nSPS) is 22.0. The summed E-state index contributed by atoms with van der Waals surface area (Å²) in [6.07, 6.45) is 4.29. The van der Waals surface area contributed by atoms with Crippen LogP contribution in [0.25, 0.3) is 0 Å². The molecule has 26 heavy (non-hydrogen) atoms. The zero-order chi connectivity index (χ0) is 18.1. The van der Waals surface area contributed by atoms with E-state index in [-0.39, 0.29) is 11.9 Å². The molecule has 2 fully saturated rings. The number of hydrogen-bond acceptors (Lipinski definition) is 5. The van der Waals surface area contributed by atoms with Gasteiger partial charge in [0.25, 0.3) is 5.91 Å². The van der Waals surface area contributed by atoms with E-state index in [2.05, 4.69) is 16.0 Å². The topological polar surface area (TPSA) is 73.1 Å². The standard InChI is InChI=1S/C19H18FN5O/c20-16-10-22-19(23-11-16)24-7-5-14-6-8-25(17(14)12-24)18(26)15-3-1-13(9-21)2-4-15/h1-4,10-11,14,17H,5-8,12H2. The predicted molar refractivity (Wildman–Crippen MR) is 92.9 cm³/mol. The van der Waals surface area contributed by atoms with Crippen molar-refractivity contribution in [1.29, 1.82) is 5.26 Å². The number of nitriles is 1. The summed E-state index contributed by atoms with van der Waals surface area (Å²) < 4.78 is 13.1. The quantitative estimate of drug-likeness (QED) is 0.830. The number of fused-ring (bicyclic) bond motifs is 1. The van der Waals surface area contributed by atoms with E-state index < -0.39 is 5.82 Å². The fourth-order valence-corrected chi connectivity index (χ4v) is 3.90. The van der Waals surface area contributed by atoms with Crippen molar-refractivity contribution in [2.45, 2.75) is 18.9 Å². The minimum Gasteiger partial charge on any atom is -0.339 e. The van der Waals surface area contributed by atoms with Gasteiger partial charge in [-0.15, -0.1) is 0 Å². The maximum atomic E-state index is 13.1. The fourth-order valence-electron chi connectivity index (χ4n) is 3.90. The Kier molecular flexibility index (Phi) is 4.25. The molecule has 1 aromatic heterocycles. The molecule has 2 aliphatic heterocycles. The summed E-state index contributed by atoms with van der Waals surface area (Å²) in [5.74, 6) is 0.502. The number of likely N-dealkylation sites (tertiary alicyclic amines) is 1. The molecule has 0 saturated carbocycles. The largest absolute Gasteiger partial charge is 0.339 e. The second kappa shape index (κ2) is 6.71. The van der Waals surface area contributed by atoms with Crippen LogP contribution in [0, 0.1) is 23.1 Å². The SMILES string of the molecule is N#Cc1ccc(C(=O)N2CCC3CCN(c4ncc(F)cn4)CC32)cc1. The molecular weight excluding hydrogens is 333 g/mol. The summed E-state index contributed by atoms with van der Waals surface area (Å²) in [5.41, 5.74) is 1.14. The summed E-state index contributed by atoms with van der Waals surface area (Å²) in [4.78, 5) is 25.0. The monoisotopic (exact) mass is 351 g/mol. The number of anilines is 1. The zero-order valence-corrected chi connectivity index (χ0v) is 14.2. The zero-order valence-electron chi connectivity index (χ0n) is 14.2. The van der Waals surface area contributed by atoms with Crippen molar-refractivity contribution in [3.8, 4) is 6.07 Å². The van der Waals surface area contributed by atoms with Crippen molar-refractivity contribution in [2.75, 3.05) is 24.5 Å². The molecule has 2 unspecified atom stereocenters. The van der Waals surface area contributed by atoms with E-state index in [1.54, 1.807) is 24.3 Å². The number of nitrogens with zero attached hydrogens (tertiary/aromatic N) is 5. The van der Waals surface area contributed by atoms with Crippen LogP contribution in [0.2, 0.25) is 0 Å². The van der Waals surface area contributed by atoms with Crippen LogP contribution >= 0.6 is 0 Å². The Balaban J connectivity index is 1.52. The average molecular weight is 351 g/mol. The Morgan fingerprint density at radius 1 is 1.15 bits per heavy atom. The number of amides is 1. The maximum absolute atomic E-state index is 13.1. The molecule has 6 nitrogen and oxygen atoms in total. The Labute approximate surface area is 150 Å². The summed E-state index contributed by atoms with van der Waals surface area (Å²) in [6.45, 7) is 2.19. The van der Waals surface area contributed by atoms with Crippen molar-refractivity contribution >= 4 is 11.9 Å². The van der Waals surface area contributed by atoms with Gasteiger partial charge in [-0.3, -0.25) is 4.79 Å². The lowest BCUT2D eigenvalue weighted by Gasteiger charge is -2.38. The Hall–Kier alpha value is -3.01. The molecule has 1 amide bonds. The predicted octanol–water partition coefficient (Wildman–Crippen LogP) is 2.23. The third-order valence-corrected chi connectivity index (χ3v) is 5.27. The summed E-state index contributed by atoms with van der Waals surface area (Å²) in [5, 5.41) is 8.90. The molecule has 1 aromatic carbocycles. The van der Waals surface area contributed by atoms with Gasteiger partial charge < -0.3 is 9.80 Å². The molecule has 7 heteroatoms. The second-order valence-corrected chi connectivity index (χ2v) is 6.74. The minimum absolute atomic E-state index is 0.0103. The van der Waals surface area contributed by atoms with Crippen LogP contribution in [0.5, 0.6) is 0 Å². The first-order valence-electron chi connectivity index (χ1n) is 8.69. The number of aromatic nitrogens is 2. The molecule has 2 atom stereocenters. The molecule has 0 bridgehead atoms. The molecule has 3 heterocycles. The second-order valence-electron chi connectivity index (χ2n) is 6.74. The smallest absolute Gasteiger partial charge is 0.254 e. The van der Waals surface area contributed by atoms with Gasteiger partial charge in [-0.2, -0.15) is 5.26 Å². The number of hydrogen-bond donors (Lipinski definition) is 0. The summed E-state index contributed by atoms with van der Waals surface area (Å²) >= 11 is 0. The number of carbonyl (C=O) groups is 1. The van der Waals surface area contributed by atoms with Crippen LogP contribution in [-0.4, -0.2) is 46.5 Å². The van der Waals surface area contributed by atoms with Crippen molar-refractivity contribution < 1.29 is 9.18 Å². The number of piperidine rings is 1. The van der Waals surface area contributed by atoms with Gasteiger partial charge in [0.1, 0.15) is 0 Å². The van der Waals surface area contributed by atoms with Crippen molar-refractivity contribution in [3.05, 3.63) is 53.6 Å². The molecule has 0 spiro atoms. The number of halogens is 1. The molecule has 0 aliphatic carbocycles. The van der Waals surface area contributed by atoms with E-state index in [0.717, 1.165) is 25.9 Å². The highest BCUT2D eigenvalue weighted by Crippen LogP contribution is 2.33. The molecule has 0 radical (unpaired) electrons. The first-order valence-corrected chi connectivity index (χ1v) is 8.69. The van der Waals surface area contributed by atoms with Gasteiger partial charge in [-0.25, -0.2) is 14.4 Å². The van der Waals surface area contributed by atoms with Crippen LogP contribution in [0.4, 0.5) is 10.3 Å². The Morgan fingerprint density at radius 2 is 1.85 bits per heavy atom. The third kappa shape index (κ3) is 2.99. The van der Waals surface area contributed by atoms with E-state index >= 15 is 0 Å². The Morgan fingerprint density at radius 3 is 2.54 bits per heavy atom. The van der Waals surface area contributed by atoms with Gasteiger partial charge in [0.15, 0.2) is 5.82 Å². The van der Waals surface area contributed by atoms with E-state index in [4.69, 9.17) is 5.26 Å². The molecule has 2 aromatic rings. The highest BCUT2D eigenvalue weighted by Gasteiger charge is 2.41. The fraction of sp³-hybridized carbons (Fsp3) is 0.368. The minimum atomic E-state index is -0.456. The molecule has 0 N–H and O–H groups in total. The van der Waals surface area contributed by atoms with Crippen molar-refractivity contribution in [1.82, 2.24) is 14.9 Å². The average Bonchev–Trinajstić information content (AvgIpc) is 3.11. The van der Waals surface area contributed by atoms with Crippen LogP contribution in [-0.2, 0) is 0 Å². The summed E-state index contributed by atoms with van der Waals surface area (Å²) in [6, 6.07) is 8.91. The van der Waals surface area contributed by atoms with Crippen LogP contribution < -0.4 is 4.90 Å². The van der Waals surface area contributed by atoms with Gasteiger partial charge >= 0.3 is 0 Å². The van der Waals surface area contributed by atoms with E-state index in [0.29, 0.717) is 29.5 Å². The third-order valence-electron chi connectivity index (χ3n) is 5.27. The van der Waals surface area contributed by atoms with Crippen molar-refractivity contribution in [3.63, 3.8) is 0 Å². The molecule has 4 rings (SSSR count).